The molecule has 0 bridgehead atoms. The maximum absolute atomic E-state index is 12.5. The Kier molecular flexibility index (Phi) is 6.00. The van der Waals surface area contributed by atoms with Crippen LogP contribution in [0.4, 0.5) is 5.13 Å². The largest absolute Gasteiger partial charge is 0.299 e. The fraction of sp³-hybridized carbons (Fsp3) is 0.118. The van der Waals surface area contributed by atoms with E-state index in [1.807, 2.05) is 30.3 Å². The van der Waals surface area contributed by atoms with Gasteiger partial charge in [0.2, 0.25) is 21.1 Å². The van der Waals surface area contributed by atoms with Crippen molar-refractivity contribution in [1.82, 2.24) is 14.5 Å². The molecule has 0 saturated carbocycles. The second kappa shape index (κ2) is 8.26. The summed E-state index contributed by atoms with van der Waals surface area (Å²) in [7, 11) is -2.41. The van der Waals surface area contributed by atoms with E-state index in [2.05, 4.69) is 31.4 Å². The van der Waals surface area contributed by atoms with Crippen LogP contribution in [0.5, 0.6) is 0 Å². The number of hydrogen-bond acceptors (Lipinski definition) is 6. The number of amides is 1. The van der Waals surface area contributed by atoms with E-state index in [1.165, 1.54) is 30.5 Å². The number of anilines is 1. The van der Waals surface area contributed by atoms with E-state index in [0.29, 0.717) is 10.1 Å². The third-order valence-corrected chi connectivity index (χ3v) is 6.81. The Labute approximate surface area is 169 Å². The molecule has 1 aromatic heterocycles. The molecule has 140 valence electrons. The fourth-order valence-corrected chi connectivity index (χ4v) is 4.36. The molecule has 3 aromatic rings. The van der Waals surface area contributed by atoms with Crippen molar-refractivity contribution in [3.63, 3.8) is 0 Å². The summed E-state index contributed by atoms with van der Waals surface area (Å²) < 4.78 is 26.8. The van der Waals surface area contributed by atoms with E-state index < -0.39 is 15.9 Å². The Morgan fingerprint density at radius 1 is 1.11 bits per heavy atom. The van der Waals surface area contributed by atoms with Crippen molar-refractivity contribution in [2.24, 2.45) is 0 Å². The molecule has 0 aliphatic carbocycles. The smallest absolute Gasteiger partial charge is 0.243 e. The lowest BCUT2D eigenvalue weighted by Crippen LogP contribution is -2.34. The minimum atomic E-state index is -3.76. The number of nitrogens with zero attached hydrogens (tertiary/aromatic N) is 3. The number of halogens is 1. The summed E-state index contributed by atoms with van der Waals surface area (Å²) in [6, 6.07) is 15.7. The SMILES string of the molecule is CN(CC(=O)Nc1nnc(-c2ccccc2)s1)S(=O)(=O)c1ccc(Br)cc1. The number of nitrogens with one attached hydrogen (secondary N) is 1. The first-order valence-electron chi connectivity index (χ1n) is 7.77. The van der Waals surface area contributed by atoms with Crippen molar-refractivity contribution in [1.29, 1.82) is 0 Å². The minimum Gasteiger partial charge on any atom is -0.299 e. The van der Waals surface area contributed by atoms with Gasteiger partial charge in [0.15, 0.2) is 0 Å². The van der Waals surface area contributed by atoms with Crippen LogP contribution in [0.3, 0.4) is 0 Å². The standard InChI is InChI=1S/C17H15BrN4O3S2/c1-22(27(24,25)14-9-7-13(18)8-10-14)11-15(23)19-17-21-20-16(26-17)12-5-3-2-4-6-12/h2-10H,11H2,1H3,(H,19,21,23). The van der Waals surface area contributed by atoms with Crippen LogP contribution in [-0.2, 0) is 14.8 Å². The summed E-state index contributed by atoms with van der Waals surface area (Å²) in [5, 5.41) is 11.5. The minimum absolute atomic E-state index is 0.114. The first-order valence-corrected chi connectivity index (χ1v) is 10.8. The Morgan fingerprint density at radius 2 is 1.78 bits per heavy atom. The molecule has 0 aliphatic heterocycles. The highest BCUT2D eigenvalue weighted by atomic mass is 79.9. The van der Waals surface area contributed by atoms with Crippen molar-refractivity contribution in [2.45, 2.75) is 4.90 Å². The van der Waals surface area contributed by atoms with Crippen LogP contribution >= 0.6 is 27.3 Å². The zero-order valence-corrected chi connectivity index (χ0v) is 17.4. The highest BCUT2D eigenvalue weighted by Crippen LogP contribution is 2.26. The first-order chi connectivity index (χ1) is 12.9. The van der Waals surface area contributed by atoms with E-state index >= 15 is 0 Å². The zero-order valence-electron chi connectivity index (χ0n) is 14.2. The van der Waals surface area contributed by atoms with Crippen LogP contribution in [0.15, 0.2) is 64.0 Å². The second-order valence-electron chi connectivity index (χ2n) is 5.54. The van der Waals surface area contributed by atoms with Crippen LogP contribution < -0.4 is 5.32 Å². The molecule has 1 amide bonds. The molecule has 0 fully saturated rings. The molecule has 0 radical (unpaired) electrons. The molecule has 0 spiro atoms. The average molecular weight is 467 g/mol. The Balaban J connectivity index is 1.65. The van der Waals surface area contributed by atoms with E-state index in [9.17, 15) is 13.2 Å². The fourth-order valence-electron chi connectivity index (χ4n) is 2.20. The maximum Gasteiger partial charge on any atom is 0.243 e. The molecule has 10 heteroatoms. The van der Waals surface area contributed by atoms with Crippen molar-refractivity contribution in [2.75, 3.05) is 18.9 Å². The molecular formula is C17H15BrN4O3S2. The van der Waals surface area contributed by atoms with Crippen LogP contribution in [0.25, 0.3) is 10.6 Å². The summed E-state index contributed by atoms with van der Waals surface area (Å²) in [5.41, 5.74) is 0.894. The van der Waals surface area contributed by atoms with Gasteiger partial charge in [-0.3, -0.25) is 10.1 Å². The lowest BCUT2D eigenvalue weighted by molar-refractivity contribution is -0.116. The number of rotatable bonds is 6. The molecule has 0 unspecified atom stereocenters. The Hall–Kier alpha value is -2.14. The molecular weight excluding hydrogens is 452 g/mol. The van der Waals surface area contributed by atoms with Gasteiger partial charge >= 0.3 is 0 Å². The van der Waals surface area contributed by atoms with Gasteiger partial charge in [0.1, 0.15) is 5.01 Å². The van der Waals surface area contributed by atoms with Gasteiger partial charge in [-0.05, 0) is 24.3 Å². The average Bonchev–Trinajstić information content (AvgIpc) is 3.11. The molecule has 1 heterocycles. The number of hydrogen-bond donors (Lipinski definition) is 1. The van der Waals surface area contributed by atoms with Crippen molar-refractivity contribution < 1.29 is 13.2 Å². The molecule has 27 heavy (non-hydrogen) atoms. The molecule has 1 N–H and O–H groups in total. The predicted octanol–water partition coefficient (Wildman–Crippen LogP) is 3.23. The topological polar surface area (TPSA) is 92.3 Å². The summed E-state index contributed by atoms with van der Waals surface area (Å²) in [4.78, 5) is 12.3. The summed E-state index contributed by atoms with van der Waals surface area (Å²) in [6.07, 6.45) is 0. The van der Waals surface area contributed by atoms with E-state index in [-0.39, 0.29) is 11.4 Å². The van der Waals surface area contributed by atoms with Crippen molar-refractivity contribution in [3.05, 3.63) is 59.1 Å². The third kappa shape index (κ3) is 4.78. The maximum atomic E-state index is 12.5. The number of carbonyl (C=O) groups is 1. The summed E-state index contributed by atoms with van der Waals surface area (Å²) in [5.74, 6) is -0.492. The van der Waals surface area contributed by atoms with Gasteiger partial charge in [0.05, 0.1) is 11.4 Å². The van der Waals surface area contributed by atoms with Gasteiger partial charge in [0, 0.05) is 17.1 Å². The first kappa shape index (κ1) is 19.6. The summed E-state index contributed by atoms with van der Waals surface area (Å²) in [6.45, 7) is -0.335. The molecule has 0 saturated heterocycles. The lowest BCUT2D eigenvalue weighted by Gasteiger charge is -2.16. The molecule has 3 rings (SSSR count). The van der Waals surface area contributed by atoms with Gasteiger partial charge in [0.25, 0.3) is 0 Å². The van der Waals surface area contributed by atoms with Crippen molar-refractivity contribution in [3.8, 4) is 10.6 Å². The number of carbonyl (C=O) groups excluding carboxylic acids is 1. The molecule has 7 nitrogen and oxygen atoms in total. The second-order valence-corrected chi connectivity index (χ2v) is 9.48. The van der Waals surface area contributed by atoms with Crippen LogP contribution in [-0.4, -0.2) is 42.4 Å². The van der Waals surface area contributed by atoms with Gasteiger partial charge in [-0.25, -0.2) is 8.42 Å². The van der Waals surface area contributed by atoms with E-state index in [1.54, 1.807) is 12.1 Å². The molecule has 0 aliphatic rings. The van der Waals surface area contributed by atoms with Gasteiger partial charge in [-0.1, -0.05) is 57.6 Å². The van der Waals surface area contributed by atoms with Gasteiger partial charge in [-0.2, -0.15) is 4.31 Å². The van der Waals surface area contributed by atoms with Crippen molar-refractivity contribution >= 4 is 48.3 Å². The van der Waals surface area contributed by atoms with Crippen LogP contribution in [0.2, 0.25) is 0 Å². The third-order valence-electron chi connectivity index (χ3n) is 3.58. The zero-order chi connectivity index (χ0) is 19.4. The normalized spacial score (nSPS) is 11.5. The summed E-state index contributed by atoms with van der Waals surface area (Å²) >= 11 is 4.48. The molecule has 2 aromatic carbocycles. The lowest BCUT2D eigenvalue weighted by atomic mass is 10.2. The van der Waals surface area contributed by atoms with E-state index in [4.69, 9.17) is 0 Å². The van der Waals surface area contributed by atoms with Gasteiger partial charge in [-0.15, -0.1) is 10.2 Å². The highest BCUT2D eigenvalue weighted by Gasteiger charge is 2.23. The number of likely N-dealkylation sites (N-methyl/N-ethyl adjacent to an activating group) is 1. The quantitative estimate of drug-likeness (QED) is 0.601. The van der Waals surface area contributed by atoms with Crippen LogP contribution in [0, 0.1) is 0 Å². The monoisotopic (exact) mass is 466 g/mol. The van der Waals surface area contributed by atoms with Gasteiger partial charge < -0.3 is 0 Å². The number of benzene rings is 2. The molecule has 0 atom stereocenters. The Bertz CT molecular complexity index is 1040. The highest BCUT2D eigenvalue weighted by molar-refractivity contribution is 9.10. The van der Waals surface area contributed by atoms with E-state index in [0.717, 1.165) is 14.3 Å². The van der Waals surface area contributed by atoms with Crippen LogP contribution in [0.1, 0.15) is 0 Å². The predicted molar refractivity (Wildman–Crippen MR) is 108 cm³/mol. The Morgan fingerprint density at radius 3 is 2.44 bits per heavy atom. The number of sulfonamides is 1. The number of aromatic nitrogens is 2.